The number of carbonyl (C=O) groups excluding carboxylic acids is 2. The SMILES string of the molecule is CC(=O)NC(Cc1cc(Br)no1)C(=O)O.O=C(O)C(Cc1conc1Br)NC(=O)C(Cl)(Cl)Cl. The molecule has 0 bridgehead atoms. The van der Waals surface area contributed by atoms with Crippen LogP contribution in [0.25, 0.3) is 0 Å². The standard InChI is InChI=1S/C8H6BrCl3N2O4.C8H9BrN2O4/c9-5-3(2-18-14-5)1-4(6(15)16)13-7(17)8(10,11)12;1-4(12)10-6(8(13)14)2-5-3-7(9)11-15-5/h2,4H,1H2,(H,13,17)(H,15,16);3,6H,2H2,1H3,(H,10,12)(H,13,14). The lowest BCUT2D eigenvalue weighted by Gasteiger charge is -2.17. The fraction of sp³-hybridized carbons (Fsp3) is 0.375. The van der Waals surface area contributed by atoms with Crippen LogP contribution in [0.1, 0.15) is 18.2 Å². The molecular formula is C16H15Br2Cl3N4O8. The number of amides is 2. The van der Waals surface area contributed by atoms with Crippen LogP contribution in [-0.4, -0.2) is 60.2 Å². The normalized spacial score (nSPS) is 12.7. The summed E-state index contributed by atoms with van der Waals surface area (Å²) >= 11 is 22.1. The Morgan fingerprint density at radius 1 is 1.06 bits per heavy atom. The lowest BCUT2D eigenvalue weighted by Crippen LogP contribution is -2.46. The first-order valence-electron chi connectivity index (χ1n) is 8.51. The summed E-state index contributed by atoms with van der Waals surface area (Å²) in [5.74, 6) is -3.42. The van der Waals surface area contributed by atoms with Gasteiger partial charge >= 0.3 is 11.9 Å². The number of halogens is 5. The molecule has 17 heteroatoms. The van der Waals surface area contributed by atoms with Gasteiger partial charge in [-0.1, -0.05) is 45.1 Å². The third-order valence-electron chi connectivity index (χ3n) is 3.49. The highest BCUT2D eigenvalue weighted by atomic mass is 79.9. The molecule has 0 spiro atoms. The Morgan fingerprint density at radius 2 is 1.64 bits per heavy atom. The number of nitrogens with one attached hydrogen (secondary N) is 2. The van der Waals surface area contributed by atoms with E-state index in [9.17, 15) is 19.2 Å². The lowest BCUT2D eigenvalue weighted by molar-refractivity contribution is -0.142. The summed E-state index contributed by atoms with van der Waals surface area (Å²) in [6.45, 7) is 1.26. The Bertz CT molecular complexity index is 995. The summed E-state index contributed by atoms with van der Waals surface area (Å²) in [4.78, 5) is 43.8. The Hall–Kier alpha value is -1.87. The minimum atomic E-state index is -2.22. The van der Waals surface area contributed by atoms with E-state index in [4.69, 9.17) is 49.5 Å². The number of alkyl halides is 3. The first-order valence-corrected chi connectivity index (χ1v) is 11.2. The maximum atomic E-state index is 11.4. The second kappa shape index (κ2) is 13.1. The second-order valence-corrected chi connectivity index (χ2v) is 9.95. The van der Waals surface area contributed by atoms with Gasteiger partial charge in [-0.05, 0) is 31.9 Å². The van der Waals surface area contributed by atoms with Crippen molar-refractivity contribution in [1.82, 2.24) is 20.9 Å². The summed E-state index contributed by atoms with van der Waals surface area (Å²) in [7, 11) is 0. The minimum absolute atomic E-state index is 0.0630. The number of aliphatic carboxylic acids is 2. The molecule has 0 saturated heterocycles. The third kappa shape index (κ3) is 10.7. The van der Waals surface area contributed by atoms with Gasteiger partial charge in [0.1, 0.15) is 28.7 Å². The summed E-state index contributed by atoms with van der Waals surface area (Å²) in [5, 5.41) is 29.2. The molecule has 33 heavy (non-hydrogen) atoms. The largest absolute Gasteiger partial charge is 0.480 e. The summed E-state index contributed by atoms with van der Waals surface area (Å²) < 4.78 is 8.04. The van der Waals surface area contributed by atoms with Gasteiger partial charge in [-0.15, -0.1) is 0 Å². The number of hydrogen-bond donors (Lipinski definition) is 4. The highest BCUT2D eigenvalue weighted by Crippen LogP contribution is 2.26. The fourth-order valence-corrected chi connectivity index (χ4v) is 2.90. The van der Waals surface area contributed by atoms with Crippen LogP contribution in [0.3, 0.4) is 0 Å². The third-order valence-corrected chi connectivity index (χ3v) is 5.03. The quantitative estimate of drug-likeness (QED) is 0.308. The predicted molar refractivity (Wildman–Crippen MR) is 121 cm³/mol. The van der Waals surface area contributed by atoms with Gasteiger partial charge in [0.2, 0.25) is 5.91 Å². The van der Waals surface area contributed by atoms with E-state index in [-0.39, 0.29) is 12.8 Å². The minimum Gasteiger partial charge on any atom is -0.480 e. The second-order valence-electron chi connectivity index (χ2n) is 6.11. The number of rotatable bonds is 8. The molecule has 12 nitrogen and oxygen atoms in total. The zero-order valence-corrected chi connectivity index (χ0v) is 21.8. The molecule has 0 aromatic carbocycles. The highest BCUT2D eigenvalue weighted by molar-refractivity contribution is 9.10. The first kappa shape index (κ1) is 29.2. The van der Waals surface area contributed by atoms with Crippen LogP contribution in [0.4, 0.5) is 0 Å². The smallest absolute Gasteiger partial charge is 0.326 e. The van der Waals surface area contributed by atoms with Crippen molar-refractivity contribution >= 4 is 90.4 Å². The molecule has 0 aliphatic rings. The van der Waals surface area contributed by atoms with Gasteiger partial charge < -0.3 is 29.9 Å². The molecular weight excluding hydrogens is 642 g/mol. The van der Waals surface area contributed by atoms with Crippen molar-refractivity contribution in [2.75, 3.05) is 0 Å². The van der Waals surface area contributed by atoms with Gasteiger partial charge in [-0.25, -0.2) is 9.59 Å². The number of hydrogen-bond acceptors (Lipinski definition) is 8. The van der Waals surface area contributed by atoms with E-state index in [1.807, 2.05) is 0 Å². The molecule has 2 amide bonds. The summed E-state index contributed by atoms with van der Waals surface area (Å²) in [6, 6.07) is -0.705. The van der Waals surface area contributed by atoms with E-state index >= 15 is 0 Å². The van der Waals surface area contributed by atoms with Crippen LogP contribution < -0.4 is 10.6 Å². The fourth-order valence-electron chi connectivity index (χ4n) is 2.07. The van der Waals surface area contributed by atoms with Crippen molar-refractivity contribution in [2.45, 2.75) is 35.6 Å². The van der Waals surface area contributed by atoms with E-state index in [0.29, 0.717) is 20.5 Å². The van der Waals surface area contributed by atoms with Gasteiger partial charge in [0.15, 0.2) is 4.60 Å². The Balaban J connectivity index is 0.000000335. The Morgan fingerprint density at radius 3 is 2.03 bits per heavy atom. The molecule has 2 aromatic rings. The summed E-state index contributed by atoms with van der Waals surface area (Å²) in [5.41, 5.74) is 0.465. The van der Waals surface area contributed by atoms with E-state index in [1.54, 1.807) is 6.07 Å². The Labute approximate surface area is 217 Å². The van der Waals surface area contributed by atoms with E-state index in [1.165, 1.54) is 13.2 Å². The van der Waals surface area contributed by atoms with Crippen LogP contribution >= 0.6 is 66.7 Å². The average molecular weight is 657 g/mol. The molecule has 2 unspecified atom stereocenters. The molecule has 0 aliphatic heterocycles. The zero-order chi connectivity index (χ0) is 25.3. The molecule has 4 N–H and O–H groups in total. The van der Waals surface area contributed by atoms with Crippen LogP contribution in [0.15, 0.2) is 30.6 Å². The van der Waals surface area contributed by atoms with Crippen molar-refractivity contribution in [1.29, 1.82) is 0 Å². The van der Waals surface area contributed by atoms with Gasteiger partial charge in [0.25, 0.3) is 9.70 Å². The van der Waals surface area contributed by atoms with E-state index in [0.717, 1.165) is 0 Å². The predicted octanol–water partition coefficient (Wildman–Crippen LogP) is 2.49. The van der Waals surface area contributed by atoms with Gasteiger partial charge in [-0.2, -0.15) is 0 Å². The zero-order valence-electron chi connectivity index (χ0n) is 16.4. The topological polar surface area (TPSA) is 185 Å². The maximum absolute atomic E-state index is 11.4. The Kier molecular flexibility index (Phi) is 11.6. The molecule has 182 valence electrons. The number of carboxylic acid groups (broad SMARTS) is 2. The van der Waals surface area contributed by atoms with Crippen molar-refractivity contribution in [3.05, 3.63) is 32.9 Å². The number of aromatic nitrogens is 2. The van der Waals surface area contributed by atoms with E-state index in [2.05, 4.69) is 57.3 Å². The van der Waals surface area contributed by atoms with Crippen molar-refractivity contribution in [3.63, 3.8) is 0 Å². The average Bonchev–Trinajstić information content (AvgIpc) is 3.27. The molecule has 0 fully saturated rings. The van der Waals surface area contributed by atoms with Crippen LogP contribution in [0.5, 0.6) is 0 Å². The lowest BCUT2D eigenvalue weighted by atomic mass is 10.1. The van der Waals surface area contributed by atoms with Gasteiger partial charge in [0, 0.05) is 31.4 Å². The molecule has 2 heterocycles. The van der Waals surface area contributed by atoms with E-state index < -0.39 is 39.6 Å². The van der Waals surface area contributed by atoms with Gasteiger partial charge in [-0.3, -0.25) is 9.59 Å². The number of carboxylic acids is 2. The molecule has 2 rings (SSSR count). The van der Waals surface area contributed by atoms with Crippen molar-refractivity contribution in [2.24, 2.45) is 0 Å². The first-order chi connectivity index (χ1) is 15.2. The van der Waals surface area contributed by atoms with Crippen molar-refractivity contribution < 1.29 is 38.4 Å². The number of carbonyl (C=O) groups is 4. The molecule has 2 aromatic heterocycles. The van der Waals surface area contributed by atoms with Crippen LogP contribution in [0, 0.1) is 0 Å². The molecule has 2 atom stereocenters. The van der Waals surface area contributed by atoms with Crippen LogP contribution in [0.2, 0.25) is 0 Å². The maximum Gasteiger partial charge on any atom is 0.326 e. The molecule has 0 radical (unpaired) electrons. The molecule has 0 saturated carbocycles. The number of nitrogens with zero attached hydrogens (tertiary/aromatic N) is 2. The highest BCUT2D eigenvalue weighted by Gasteiger charge is 2.34. The summed E-state index contributed by atoms with van der Waals surface area (Å²) in [6.07, 6.45) is 1.25. The van der Waals surface area contributed by atoms with Crippen LogP contribution in [-0.2, 0) is 32.0 Å². The van der Waals surface area contributed by atoms with Gasteiger partial charge in [0.05, 0.1) is 0 Å². The molecule has 0 aliphatic carbocycles. The van der Waals surface area contributed by atoms with Crippen molar-refractivity contribution in [3.8, 4) is 0 Å². The monoisotopic (exact) mass is 654 g/mol.